The second kappa shape index (κ2) is 7.92. The van der Waals surface area contributed by atoms with Crippen LogP contribution >= 0.6 is 11.3 Å². The molecule has 6 nitrogen and oxygen atoms in total. The number of ether oxygens (including phenoxy) is 1. The van der Waals surface area contributed by atoms with Gasteiger partial charge in [0.05, 0.1) is 13.0 Å². The Balaban J connectivity index is 1.37. The van der Waals surface area contributed by atoms with E-state index in [1.165, 1.54) is 0 Å². The molecule has 1 N–H and O–H groups in total. The smallest absolute Gasteiger partial charge is 0.225 e. The van der Waals surface area contributed by atoms with E-state index in [4.69, 9.17) is 4.74 Å². The number of nitrogens with one attached hydrogen (secondary N) is 1. The molecule has 140 valence electrons. The van der Waals surface area contributed by atoms with Crippen LogP contribution in [0, 0.1) is 5.92 Å². The lowest BCUT2D eigenvalue weighted by Crippen LogP contribution is -2.42. The molecule has 0 radical (unpaired) electrons. The molecule has 1 aromatic carbocycles. The van der Waals surface area contributed by atoms with Gasteiger partial charge in [0.1, 0.15) is 16.1 Å². The molecule has 1 amide bonds. The van der Waals surface area contributed by atoms with Crippen molar-refractivity contribution < 1.29 is 9.53 Å². The zero-order valence-corrected chi connectivity index (χ0v) is 16.0. The molecule has 1 saturated heterocycles. The maximum Gasteiger partial charge on any atom is 0.225 e. The van der Waals surface area contributed by atoms with Crippen molar-refractivity contribution >= 4 is 32.7 Å². The second-order valence-corrected chi connectivity index (χ2v) is 7.63. The van der Waals surface area contributed by atoms with Crippen molar-refractivity contribution in [3.05, 3.63) is 48.2 Å². The summed E-state index contributed by atoms with van der Waals surface area (Å²) in [7, 11) is 1.65. The van der Waals surface area contributed by atoms with Crippen molar-refractivity contribution in [1.82, 2.24) is 15.3 Å². The van der Waals surface area contributed by atoms with Gasteiger partial charge in [0.15, 0.2) is 5.13 Å². The first-order valence-electron chi connectivity index (χ1n) is 9.10. The number of carbonyl (C=O) groups excluding carboxylic acids is 1. The van der Waals surface area contributed by atoms with Crippen LogP contribution in [0.3, 0.4) is 0 Å². The number of benzene rings is 1. The Morgan fingerprint density at radius 3 is 2.96 bits per heavy atom. The zero-order valence-electron chi connectivity index (χ0n) is 15.2. The number of fused-ring (bicyclic) bond motifs is 1. The van der Waals surface area contributed by atoms with Crippen LogP contribution in [0.1, 0.15) is 18.4 Å². The van der Waals surface area contributed by atoms with E-state index < -0.39 is 0 Å². The van der Waals surface area contributed by atoms with E-state index in [9.17, 15) is 4.79 Å². The molecular formula is C20H22N4O2S. The minimum Gasteiger partial charge on any atom is -0.497 e. The average molecular weight is 382 g/mol. The van der Waals surface area contributed by atoms with Crippen molar-refractivity contribution in [1.29, 1.82) is 0 Å². The normalized spacial score (nSPS) is 17.1. The van der Waals surface area contributed by atoms with E-state index in [-0.39, 0.29) is 11.8 Å². The second-order valence-electron chi connectivity index (χ2n) is 6.68. The Kier molecular flexibility index (Phi) is 5.20. The first kappa shape index (κ1) is 17.7. The summed E-state index contributed by atoms with van der Waals surface area (Å²) in [6.07, 6.45) is 3.69. The number of hydrogen-bond acceptors (Lipinski definition) is 6. The molecule has 1 fully saturated rings. The highest BCUT2D eigenvalue weighted by molar-refractivity contribution is 7.21. The zero-order chi connectivity index (χ0) is 18.6. The molecule has 1 aliphatic rings. The number of carbonyl (C=O) groups is 1. The molecule has 3 heterocycles. The molecule has 1 aliphatic heterocycles. The first-order chi connectivity index (χ1) is 13.2. The topological polar surface area (TPSA) is 67.3 Å². The lowest BCUT2D eigenvalue weighted by Gasteiger charge is -2.31. The van der Waals surface area contributed by atoms with Crippen LogP contribution in [0.25, 0.3) is 10.3 Å². The number of methoxy groups -OCH3 is 1. The van der Waals surface area contributed by atoms with E-state index in [0.717, 1.165) is 46.2 Å². The maximum absolute atomic E-state index is 12.7. The van der Waals surface area contributed by atoms with Crippen LogP contribution in [0.2, 0.25) is 0 Å². The van der Waals surface area contributed by atoms with E-state index >= 15 is 0 Å². The third-order valence-electron chi connectivity index (χ3n) is 4.84. The SMILES string of the molecule is COc1ccc(CNC(=O)C2CCCN(c3nc4cccnc4s3)C2)cc1. The minimum absolute atomic E-state index is 0.0167. The summed E-state index contributed by atoms with van der Waals surface area (Å²) in [4.78, 5) is 24.9. The van der Waals surface area contributed by atoms with Crippen molar-refractivity contribution in [3.8, 4) is 5.75 Å². The molecule has 4 rings (SSSR count). The van der Waals surface area contributed by atoms with E-state index in [1.807, 2.05) is 36.4 Å². The number of aromatic nitrogens is 2. The number of anilines is 1. The van der Waals surface area contributed by atoms with Gasteiger partial charge in [-0.1, -0.05) is 23.5 Å². The molecule has 7 heteroatoms. The third-order valence-corrected chi connectivity index (χ3v) is 5.88. The molecule has 0 spiro atoms. The molecule has 0 saturated carbocycles. The highest BCUT2D eigenvalue weighted by atomic mass is 32.1. The molecule has 1 atom stereocenters. The lowest BCUT2D eigenvalue weighted by atomic mass is 9.97. The van der Waals surface area contributed by atoms with Gasteiger partial charge in [-0.05, 0) is 42.7 Å². The standard InChI is InChI=1S/C20H22N4O2S/c1-26-16-8-6-14(7-9-16)12-22-18(25)15-4-3-11-24(13-15)20-23-17-5-2-10-21-19(17)27-20/h2,5-10,15H,3-4,11-13H2,1H3,(H,22,25). The van der Waals surface area contributed by atoms with E-state index in [2.05, 4.69) is 20.2 Å². The summed E-state index contributed by atoms with van der Waals surface area (Å²) in [5.74, 6) is 0.907. The average Bonchev–Trinajstić information content (AvgIpc) is 3.17. The molecule has 3 aromatic rings. The number of amides is 1. The summed E-state index contributed by atoms with van der Waals surface area (Å²) in [5.41, 5.74) is 1.98. The summed E-state index contributed by atoms with van der Waals surface area (Å²) < 4.78 is 5.16. The number of pyridine rings is 1. The van der Waals surface area contributed by atoms with Gasteiger partial charge in [0.25, 0.3) is 0 Å². The van der Waals surface area contributed by atoms with Crippen LogP contribution in [0.4, 0.5) is 5.13 Å². The van der Waals surface area contributed by atoms with Crippen molar-refractivity contribution in [3.63, 3.8) is 0 Å². The van der Waals surface area contributed by atoms with E-state index in [1.54, 1.807) is 24.6 Å². The Morgan fingerprint density at radius 1 is 1.33 bits per heavy atom. The van der Waals surface area contributed by atoms with Crippen molar-refractivity contribution in [2.45, 2.75) is 19.4 Å². The van der Waals surface area contributed by atoms with Gasteiger partial charge in [0.2, 0.25) is 5.91 Å². The minimum atomic E-state index is -0.0167. The fourth-order valence-electron chi connectivity index (χ4n) is 3.34. The highest BCUT2D eigenvalue weighted by Gasteiger charge is 2.27. The molecular weight excluding hydrogens is 360 g/mol. The number of hydrogen-bond donors (Lipinski definition) is 1. The van der Waals surface area contributed by atoms with Gasteiger partial charge in [-0.3, -0.25) is 4.79 Å². The maximum atomic E-state index is 12.7. The van der Waals surface area contributed by atoms with Crippen LogP contribution in [-0.4, -0.2) is 36.1 Å². The van der Waals surface area contributed by atoms with Crippen LogP contribution in [0.5, 0.6) is 5.75 Å². The van der Waals surface area contributed by atoms with Gasteiger partial charge >= 0.3 is 0 Å². The van der Waals surface area contributed by atoms with Gasteiger partial charge in [0, 0.05) is 25.8 Å². The Labute approximate surface area is 162 Å². The predicted octanol–water partition coefficient (Wildman–Crippen LogP) is 3.23. The number of nitrogens with zero attached hydrogens (tertiary/aromatic N) is 3. The van der Waals surface area contributed by atoms with Crippen LogP contribution in [-0.2, 0) is 11.3 Å². The monoisotopic (exact) mass is 382 g/mol. The predicted molar refractivity (Wildman–Crippen MR) is 107 cm³/mol. The van der Waals surface area contributed by atoms with Gasteiger partial charge in [-0.25, -0.2) is 9.97 Å². The third kappa shape index (κ3) is 4.03. The fraction of sp³-hybridized carbons (Fsp3) is 0.350. The highest BCUT2D eigenvalue weighted by Crippen LogP contribution is 2.30. The quantitative estimate of drug-likeness (QED) is 0.734. The molecule has 0 bridgehead atoms. The number of rotatable bonds is 5. The van der Waals surface area contributed by atoms with Gasteiger partial charge < -0.3 is 15.0 Å². The summed E-state index contributed by atoms with van der Waals surface area (Å²) in [5, 5.41) is 4.02. The van der Waals surface area contributed by atoms with Crippen molar-refractivity contribution in [2.75, 3.05) is 25.1 Å². The summed E-state index contributed by atoms with van der Waals surface area (Å²) >= 11 is 1.59. The Bertz CT molecular complexity index is 892. The van der Waals surface area contributed by atoms with Gasteiger partial charge in [-0.15, -0.1) is 0 Å². The molecule has 0 aliphatic carbocycles. The number of piperidine rings is 1. The largest absolute Gasteiger partial charge is 0.497 e. The van der Waals surface area contributed by atoms with E-state index in [0.29, 0.717) is 13.1 Å². The number of thiazole rings is 1. The first-order valence-corrected chi connectivity index (χ1v) is 9.92. The molecule has 1 unspecified atom stereocenters. The Morgan fingerprint density at radius 2 is 2.19 bits per heavy atom. The molecule has 2 aromatic heterocycles. The van der Waals surface area contributed by atoms with Crippen LogP contribution in [0.15, 0.2) is 42.6 Å². The summed E-state index contributed by atoms with van der Waals surface area (Å²) in [6, 6.07) is 11.6. The Hall–Kier alpha value is -2.67. The van der Waals surface area contributed by atoms with Crippen LogP contribution < -0.4 is 15.0 Å². The lowest BCUT2D eigenvalue weighted by molar-refractivity contribution is -0.125. The van der Waals surface area contributed by atoms with Gasteiger partial charge in [-0.2, -0.15) is 0 Å². The molecule has 27 heavy (non-hydrogen) atoms. The summed E-state index contributed by atoms with van der Waals surface area (Å²) in [6.45, 7) is 2.17. The van der Waals surface area contributed by atoms with Crippen molar-refractivity contribution in [2.24, 2.45) is 5.92 Å². The fourth-order valence-corrected chi connectivity index (χ4v) is 4.28.